The fourth-order valence-electron chi connectivity index (χ4n) is 2.39. The molecule has 0 bridgehead atoms. The van der Waals surface area contributed by atoms with Gasteiger partial charge in [-0.3, -0.25) is 0 Å². The summed E-state index contributed by atoms with van der Waals surface area (Å²) in [6, 6.07) is 13.4. The molecule has 0 spiro atoms. The van der Waals surface area contributed by atoms with Crippen LogP contribution in [-0.4, -0.2) is 24.2 Å². The normalized spacial score (nSPS) is 11.2. The standard InChI is InChI=1S/C20H25NO3/c1-14-5-10-18(17(13-14)19(22)23)21-11-12-24-16-8-6-15(7-9-16)20(2,3)4/h5-10,13,21H,11-12H2,1-4H3,(H,22,23). The summed E-state index contributed by atoms with van der Waals surface area (Å²) < 4.78 is 5.71. The zero-order chi connectivity index (χ0) is 17.7. The molecule has 24 heavy (non-hydrogen) atoms. The Balaban J connectivity index is 1.88. The molecule has 0 saturated heterocycles. The second-order valence-electron chi connectivity index (χ2n) is 6.90. The highest BCUT2D eigenvalue weighted by atomic mass is 16.5. The summed E-state index contributed by atoms with van der Waals surface area (Å²) in [6.45, 7) is 9.39. The maximum Gasteiger partial charge on any atom is 0.337 e. The Morgan fingerprint density at radius 2 is 1.79 bits per heavy atom. The van der Waals surface area contributed by atoms with Crippen LogP contribution < -0.4 is 10.1 Å². The molecule has 0 saturated carbocycles. The predicted molar refractivity (Wildman–Crippen MR) is 97.3 cm³/mol. The smallest absolute Gasteiger partial charge is 0.337 e. The lowest BCUT2D eigenvalue weighted by Crippen LogP contribution is -2.14. The topological polar surface area (TPSA) is 58.6 Å². The molecular formula is C20H25NO3. The average Bonchev–Trinajstić information content (AvgIpc) is 2.52. The third kappa shape index (κ3) is 4.75. The molecule has 0 radical (unpaired) electrons. The van der Waals surface area contributed by atoms with Crippen LogP contribution in [0, 0.1) is 6.92 Å². The molecule has 4 nitrogen and oxygen atoms in total. The second-order valence-corrected chi connectivity index (χ2v) is 6.90. The SMILES string of the molecule is Cc1ccc(NCCOc2ccc(C(C)(C)C)cc2)c(C(=O)O)c1. The van der Waals surface area contributed by atoms with Gasteiger partial charge in [0.05, 0.1) is 5.56 Å². The largest absolute Gasteiger partial charge is 0.492 e. The molecule has 2 aromatic rings. The summed E-state index contributed by atoms with van der Waals surface area (Å²) in [5.74, 6) is -0.118. The van der Waals surface area contributed by atoms with E-state index in [4.69, 9.17) is 4.74 Å². The summed E-state index contributed by atoms with van der Waals surface area (Å²) >= 11 is 0. The van der Waals surface area contributed by atoms with E-state index in [0.29, 0.717) is 18.8 Å². The number of rotatable bonds is 6. The van der Waals surface area contributed by atoms with Gasteiger partial charge in [0.2, 0.25) is 0 Å². The van der Waals surface area contributed by atoms with E-state index in [1.54, 1.807) is 12.1 Å². The van der Waals surface area contributed by atoms with E-state index in [9.17, 15) is 9.90 Å². The van der Waals surface area contributed by atoms with Crippen molar-refractivity contribution in [3.05, 3.63) is 59.2 Å². The van der Waals surface area contributed by atoms with Gasteiger partial charge in [-0.05, 0) is 42.2 Å². The Morgan fingerprint density at radius 1 is 1.12 bits per heavy atom. The van der Waals surface area contributed by atoms with Crippen LogP contribution in [-0.2, 0) is 5.41 Å². The summed E-state index contributed by atoms with van der Waals surface area (Å²) in [6.07, 6.45) is 0. The van der Waals surface area contributed by atoms with E-state index in [1.807, 2.05) is 25.1 Å². The molecule has 128 valence electrons. The first-order chi connectivity index (χ1) is 11.3. The van der Waals surface area contributed by atoms with E-state index in [0.717, 1.165) is 11.3 Å². The minimum Gasteiger partial charge on any atom is -0.492 e. The minimum atomic E-state index is -0.931. The summed E-state index contributed by atoms with van der Waals surface area (Å²) in [5, 5.41) is 12.4. The van der Waals surface area contributed by atoms with Crippen LogP contribution in [0.2, 0.25) is 0 Å². The summed E-state index contributed by atoms with van der Waals surface area (Å²) in [5.41, 5.74) is 3.20. The van der Waals surface area contributed by atoms with Gasteiger partial charge in [0, 0.05) is 12.2 Å². The Labute approximate surface area is 143 Å². The number of anilines is 1. The highest BCUT2D eigenvalue weighted by molar-refractivity contribution is 5.94. The maximum atomic E-state index is 11.3. The lowest BCUT2D eigenvalue weighted by Gasteiger charge is -2.19. The first kappa shape index (κ1) is 17.9. The van der Waals surface area contributed by atoms with Crippen LogP contribution in [0.5, 0.6) is 5.75 Å². The molecule has 0 fully saturated rings. The van der Waals surface area contributed by atoms with E-state index in [2.05, 4.69) is 38.2 Å². The molecule has 0 aliphatic rings. The van der Waals surface area contributed by atoms with Gasteiger partial charge in [0.1, 0.15) is 12.4 Å². The maximum absolute atomic E-state index is 11.3. The Morgan fingerprint density at radius 3 is 2.38 bits per heavy atom. The number of hydrogen-bond acceptors (Lipinski definition) is 3. The number of aromatic carboxylic acids is 1. The van der Waals surface area contributed by atoms with Crippen LogP contribution in [0.15, 0.2) is 42.5 Å². The van der Waals surface area contributed by atoms with Gasteiger partial charge in [0.15, 0.2) is 0 Å². The highest BCUT2D eigenvalue weighted by Gasteiger charge is 2.13. The molecule has 0 atom stereocenters. The van der Waals surface area contributed by atoms with Crippen molar-refractivity contribution in [3.63, 3.8) is 0 Å². The number of nitrogens with one attached hydrogen (secondary N) is 1. The highest BCUT2D eigenvalue weighted by Crippen LogP contribution is 2.24. The van der Waals surface area contributed by atoms with Crippen LogP contribution in [0.25, 0.3) is 0 Å². The van der Waals surface area contributed by atoms with Gasteiger partial charge < -0.3 is 15.2 Å². The van der Waals surface area contributed by atoms with Gasteiger partial charge >= 0.3 is 5.97 Å². The molecule has 0 amide bonds. The van der Waals surface area contributed by atoms with Crippen LogP contribution in [0.1, 0.15) is 42.3 Å². The van der Waals surface area contributed by atoms with Crippen molar-refractivity contribution < 1.29 is 14.6 Å². The van der Waals surface area contributed by atoms with E-state index < -0.39 is 5.97 Å². The van der Waals surface area contributed by atoms with E-state index >= 15 is 0 Å². The van der Waals surface area contributed by atoms with Gasteiger partial charge in [-0.15, -0.1) is 0 Å². The van der Waals surface area contributed by atoms with Crippen molar-refractivity contribution in [2.45, 2.75) is 33.1 Å². The summed E-state index contributed by atoms with van der Waals surface area (Å²) in [4.78, 5) is 11.3. The van der Waals surface area contributed by atoms with Gasteiger partial charge in [-0.2, -0.15) is 0 Å². The first-order valence-electron chi connectivity index (χ1n) is 8.08. The predicted octanol–water partition coefficient (Wildman–Crippen LogP) is 4.48. The minimum absolute atomic E-state index is 0.124. The van der Waals surface area contributed by atoms with Gasteiger partial charge in [-0.1, -0.05) is 44.5 Å². The van der Waals surface area contributed by atoms with Crippen molar-refractivity contribution in [1.29, 1.82) is 0 Å². The molecule has 0 aliphatic carbocycles. The van der Waals surface area contributed by atoms with Crippen LogP contribution in [0.3, 0.4) is 0 Å². The fourth-order valence-corrected chi connectivity index (χ4v) is 2.39. The molecule has 0 unspecified atom stereocenters. The second kappa shape index (κ2) is 7.39. The number of carbonyl (C=O) groups is 1. The lowest BCUT2D eigenvalue weighted by molar-refractivity contribution is 0.0697. The number of hydrogen-bond donors (Lipinski definition) is 2. The fraction of sp³-hybridized carbons (Fsp3) is 0.350. The van der Waals surface area contributed by atoms with E-state index in [-0.39, 0.29) is 11.0 Å². The Kier molecular flexibility index (Phi) is 5.50. The van der Waals surface area contributed by atoms with Crippen molar-refractivity contribution in [3.8, 4) is 5.75 Å². The number of aryl methyl sites for hydroxylation is 1. The molecule has 2 N–H and O–H groups in total. The third-order valence-corrected chi connectivity index (χ3v) is 3.81. The number of ether oxygens (including phenoxy) is 1. The monoisotopic (exact) mass is 327 g/mol. The number of benzene rings is 2. The number of carboxylic acid groups (broad SMARTS) is 1. The zero-order valence-corrected chi connectivity index (χ0v) is 14.7. The van der Waals surface area contributed by atoms with Gasteiger partial charge in [-0.25, -0.2) is 4.79 Å². The van der Waals surface area contributed by atoms with Crippen molar-refractivity contribution in [1.82, 2.24) is 0 Å². The lowest BCUT2D eigenvalue weighted by atomic mass is 9.87. The van der Waals surface area contributed by atoms with Crippen LogP contribution in [0.4, 0.5) is 5.69 Å². The Hall–Kier alpha value is -2.49. The average molecular weight is 327 g/mol. The molecule has 0 aliphatic heterocycles. The van der Waals surface area contributed by atoms with Crippen LogP contribution >= 0.6 is 0 Å². The summed E-state index contributed by atoms with van der Waals surface area (Å²) in [7, 11) is 0. The van der Waals surface area contributed by atoms with E-state index in [1.165, 1.54) is 5.56 Å². The third-order valence-electron chi connectivity index (χ3n) is 3.81. The quantitative estimate of drug-likeness (QED) is 0.768. The molecule has 4 heteroatoms. The number of carboxylic acids is 1. The van der Waals surface area contributed by atoms with Crippen molar-refractivity contribution in [2.24, 2.45) is 0 Å². The molecular weight excluding hydrogens is 302 g/mol. The van der Waals surface area contributed by atoms with Crippen molar-refractivity contribution >= 4 is 11.7 Å². The molecule has 0 heterocycles. The van der Waals surface area contributed by atoms with Crippen molar-refractivity contribution in [2.75, 3.05) is 18.5 Å². The Bertz CT molecular complexity index is 700. The zero-order valence-electron chi connectivity index (χ0n) is 14.7. The molecule has 2 rings (SSSR count). The molecule has 0 aromatic heterocycles. The van der Waals surface area contributed by atoms with Gasteiger partial charge in [0.25, 0.3) is 0 Å². The first-order valence-corrected chi connectivity index (χ1v) is 8.08. The molecule has 2 aromatic carbocycles.